The lowest BCUT2D eigenvalue weighted by atomic mass is 9.83. The van der Waals surface area contributed by atoms with Crippen LogP contribution in [0.5, 0.6) is 0 Å². The van der Waals surface area contributed by atoms with E-state index in [-0.39, 0.29) is 30.7 Å². The number of aliphatic hydroxyl groups is 1. The molecule has 1 aliphatic rings. The number of carbonyl (C=O) groups excluding carboxylic acids is 4. The highest BCUT2D eigenvalue weighted by Gasteiger charge is 2.36. The van der Waals surface area contributed by atoms with Crippen LogP contribution in [-0.4, -0.2) is 99.7 Å². The van der Waals surface area contributed by atoms with Gasteiger partial charge in [-0.15, -0.1) is 0 Å². The molecular formula is C40H64N6O6. The molecule has 1 aromatic carbocycles. The monoisotopic (exact) mass is 724 g/mol. The van der Waals surface area contributed by atoms with E-state index in [4.69, 9.17) is 4.74 Å². The highest BCUT2D eigenvalue weighted by Crippen LogP contribution is 2.29. The highest BCUT2D eigenvalue weighted by atomic mass is 16.6. The van der Waals surface area contributed by atoms with E-state index in [1.807, 2.05) is 44.2 Å². The Labute approximate surface area is 310 Å². The summed E-state index contributed by atoms with van der Waals surface area (Å²) >= 11 is 0. The first-order valence-electron chi connectivity index (χ1n) is 19.3. The second-order valence-electron chi connectivity index (χ2n) is 15.3. The Morgan fingerprint density at radius 2 is 1.67 bits per heavy atom. The Kier molecular flexibility index (Phi) is 18.1. The zero-order valence-electron chi connectivity index (χ0n) is 32.3. The number of likely N-dealkylation sites (N-methyl/N-ethyl adjacent to an activating group) is 1. The summed E-state index contributed by atoms with van der Waals surface area (Å²) in [5.74, 6) is -0.102. The van der Waals surface area contributed by atoms with E-state index in [1.165, 1.54) is 22.5 Å². The summed E-state index contributed by atoms with van der Waals surface area (Å²) in [5.41, 5.74) is 1.40. The largest absolute Gasteiger partial charge is 0.436 e. The molecule has 0 saturated heterocycles. The quantitative estimate of drug-likeness (QED) is 0.126. The standard InChI is InChI=1S/C40H64N6O6/c1-28(2)20-21-35(47)33(23-30-15-9-7-10-16-30)44-38(49)34(25-32-26-41-27-42-32)46(6)39(50)36(24-31-17-11-8-12-18-31)52-40(51)45(5)22-14-13-19-37(48)43-29(3)4/h8,11-12,17-18,26-30,33-36,47H,7,9-10,13-16,19-25H2,1-6H3,(H,41,42)(H,43,48)(H,44,49)/t33-,34-,35-,36-/m0/s1. The van der Waals surface area contributed by atoms with E-state index in [2.05, 4.69) is 34.4 Å². The van der Waals surface area contributed by atoms with E-state index in [0.29, 0.717) is 56.2 Å². The number of aliphatic hydroxyl groups excluding tert-OH is 1. The van der Waals surface area contributed by atoms with Crippen LogP contribution in [0.15, 0.2) is 42.9 Å². The van der Waals surface area contributed by atoms with Crippen LogP contribution >= 0.6 is 0 Å². The molecule has 1 saturated carbocycles. The van der Waals surface area contributed by atoms with Gasteiger partial charge in [-0.2, -0.15) is 0 Å². The van der Waals surface area contributed by atoms with Crippen LogP contribution in [0.3, 0.4) is 0 Å². The minimum atomic E-state index is -1.21. The van der Waals surface area contributed by atoms with Gasteiger partial charge in [0.2, 0.25) is 11.8 Å². The summed E-state index contributed by atoms with van der Waals surface area (Å²) in [7, 11) is 3.16. The molecule has 1 heterocycles. The van der Waals surface area contributed by atoms with Crippen LogP contribution in [0.1, 0.15) is 110 Å². The van der Waals surface area contributed by atoms with Crippen molar-refractivity contribution < 1.29 is 29.0 Å². The normalized spacial score (nSPS) is 15.8. The number of nitrogens with zero attached hydrogens (tertiary/aromatic N) is 3. The van der Waals surface area contributed by atoms with Crippen molar-refractivity contribution in [3.8, 4) is 0 Å². The minimum Gasteiger partial charge on any atom is -0.436 e. The third-order valence-corrected chi connectivity index (χ3v) is 9.91. The van der Waals surface area contributed by atoms with Gasteiger partial charge in [-0.05, 0) is 63.4 Å². The van der Waals surface area contributed by atoms with Gasteiger partial charge in [-0.1, -0.05) is 76.3 Å². The van der Waals surface area contributed by atoms with Gasteiger partial charge < -0.3 is 35.3 Å². The number of hydrogen-bond donors (Lipinski definition) is 4. The van der Waals surface area contributed by atoms with Crippen molar-refractivity contribution in [3.05, 3.63) is 54.1 Å². The predicted molar refractivity (Wildman–Crippen MR) is 202 cm³/mol. The van der Waals surface area contributed by atoms with Gasteiger partial charge >= 0.3 is 6.09 Å². The maximum absolute atomic E-state index is 14.3. The fourth-order valence-electron chi connectivity index (χ4n) is 6.80. The molecule has 1 aromatic heterocycles. The van der Waals surface area contributed by atoms with Crippen molar-refractivity contribution in [1.29, 1.82) is 0 Å². The number of hydrogen-bond acceptors (Lipinski definition) is 7. The Morgan fingerprint density at radius 1 is 0.962 bits per heavy atom. The van der Waals surface area contributed by atoms with E-state index < -0.39 is 36.3 Å². The first kappa shape index (κ1) is 42.5. The summed E-state index contributed by atoms with van der Waals surface area (Å²) in [4.78, 5) is 64.0. The third kappa shape index (κ3) is 15.0. The molecule has 0 radical (unpaired) electrons. The smallest absolute Gasteiger partial charge is 0.410 e. The van der Waals surface area contributed by atoms with Crippen molar-refractivity contribution in [2.75, 3.05) is 20.6 Å². The maximum atomic E-state index is 14.3. The number of ether oxygens (including phenoxy) is 1. The number of rotatable bonds is 21. The van der Waals surface area contributed by atoms with Crippen LogP contribution in [0.25, 0.3) is 0 Å². The molecule has 12 heteroatoms. The van der Waals surface area contributed by atoms with E-state index in [9.17, 15) is 24.3 Å². The first-order chi connectivity index (χ1) is 24.8. The lowest BCUT2D eigenvalue weighted by Gasteiger charge is -2.34. The van der Waals surface area contributed by atoms with Crippen molar-refractivity contribution in [3.63, 3.8) is 0 Å². The molecule has 0 bridgehead atoms. The molecule has 4 atom stereocenters. The SMILES string of the molecule is CC(C)CC[C@H](O)[C@H](CC1CCCCC1)NC(=O)[C@H](Cc1c[nH]cn1)N(C)C(=O)[C@H](Cc1ccccc1)OC(=O)N(C)CCCCC(=O)NC(C)C. The van der Waals surface area contributed by atoms with Gasteiger partial charge in [-0.3, -0.25) is 14.4 Å². The number of imidazole rings is 1. The van der Waals surface area contributed by atoms with Crippen LogP contribution < -0.4 is 10.6 Å². The lowest BCUT2D eigenvalue weighted by Crippen LogP contribution is -2.56. The highest BCUT2D eigenvalue weighted by molar-refractivity contribution is 5.90. The number of unbranched alkanes of at least 4 members (excludes halogenated alkanes) is 1. The fourth-order valence-corrected chi connectivity index (χ4v) is 6.80. The molecule has 290 valence electrons. The molecule has 0 aliphatic heterocycles. The summed E-state index contributed by atoms with van der Waals surface area (Å²) in [5, 5.41) is 17.4. The Balaban J connectivity index is 1.79. The summed E-state index contributed by atoms with van der Waals surface area (Å²) in [6.45, 7) is 8.40. The predicted octanol–water partition coefficient (Wildman–Crippen LogP) is 5.41. The molecule has 2 aromatic rings. The second-order valence-corrected chi connectivity index (χ2v) is 15.3. The lowest BCUT2D eigenvalue weighted by molar-refractivity contribution is -0.146. The van der Waals surface area contributed by atoms with Crippen molar-refractivity contribution in [1.82, 2.24) is 30.4 Å². The molecule has 1 aliphatic carbocycles. The maximum Gasteiger partial charge on any atom is 0.410 e. The van der Waals surface area contributed by atoms with Gasteiger partial charge in [0.05, 0.1) is 24.2 Å². The average Bonchev–Trinajstić information content (AvgIpc) is 3.64. The molecule has 0 unspecified atom stereocenters. The zero-order chi connectivity index (χ0) is 38.0. The van der Waals surface area contributed by atoms with Gasteiger partial charge in [0, 0.05) is 52.1 Å². The van der Waals surface area contributed by atoms with E-state index >= 15 is 0 Å². The second kappa shape index (κ2) is 22.2. The summed E-state index contributed by atoms with van der Waals surface area (Å²) < 4.78 is 5.89. The van der Waals surface area contributed by atoms with Gasteiger partial charge in [-0.25, -0.2) is 9.78 Å². The first-order valence-corrected chi connectivity index (χ1v) is 19.3. The van der Waals surface area contributed by atoms with Crippen LogP contribution in [0.4, 0.5) is 4.79 Å². The number of aromatic nitrogens is 2. The topological polar surface area (TPSA) is 157 Å². The summed E-state index contributed by atoms with van der Waals surface area (Å²) in [6.07, 6.45) is 10.2. The molecular weight excluding hydrogens is 660 g/mol. The van der Waals surface area contributed by atoms with Crippen molar-refractivity contribution in [2.24, 2.45) is 11.8 Å². The number of carbonyl (C=O) groups is 4. The molecule has 52 heavy (non-hydrogen) atoms. The van der Waals surface area contributed by atoms with Crippen LogP contribution in [-0.2, 0) is 32.0 Å². The number of nitrogens with one attached hydrogen (secondary N) is 3. The summed E-state index contributed by atoms with van der Waals surface area (Å²) in [6, 6.07) is 7.94. The zero-order valence-corrected chi connectivity index (χ0v) is 32.3. The number of aromatic amines is 1. The number of benzene rings is 1. The number of H-pyrrole nitrogens is 1. The third-order valence-electron chi connectivity index (χ3n) is 9.91. The van der Waals surface area contributed by atoms with Crippen LogP contribution in [0.2, 0.25) is 0 Å². The Bertz CT molecular complexity index is 1350. The van der Waals surface area contributed by atoms with Crippen molar-refractivity contribution >= 4 is 23.8 Å². The molecule has 1 fully saturated rings. The fraction of sp³-hybridized carbons (Fsp3) is 0.675. The molecule has 12 nitrogen and oxygen atoms in total. The molecule has 3 rings (SSSR count). The van der Waals surface area contributed by atoms with Crippen molar-refractivity contribution in [2.45, 2.75) is 141 Å². The Morgan fingerprint density at radius 3 is 2.31 bits per heavy atom. The van der Waals surface area contributed by atoms with Gasteiger partial charge in [0.15, 0.2) is 6.10 Å². The Hall–Kier alpha value is -3.93. The number of amides is 4. The molecule has 0 spiro atoms. The average molecular weight is 725 g/mol. The van der Waals surface area contributed by atoms with Gasteiger partial charge in [0.25, 0.3) is 5.91 Å². The molecule has 4 N–H and O–H groups in total. The van der Waals surface area contributed by atoms with Gasteiger partial charge in [0.1, 0.15) is 6.04 Å². The van der Waals surface area contributed by atoms with E-state index in [1.54, 1.807) is 20.3 Å². The van der Waals surface area contributed by atoms with Crippen LogP contribution in [0, 0.1) is 11.8 Å². The minimum absolute atomic E-state index is 0.0319. The molecule has 4 amide bonds. The van der Waals surface area contributed by atoms with E-state index in [0.717, 1.165) is 37.7 Å².